The lowest BCUT2D eigenvalue weighted by molar-refractivity contribution is -0.121. The standard InChI is InChI=1S/C20H18ClNO3/c1-12-8-13(2)19-16(9-12)15(10-17(23)25-19)11-22-20(24)18(21)14-6-4-3-5-7-14/h3-10,18H,11H2,1-2H3,(H,22,24). The van der Waals surface area contributed by atoms with Crippen LogP contribution in [0.3, 0.4) is 0 Å². The molecule has 1 heterocycles. The van der Waals surface area contributed by atoms with Crippen LogP contribution in [0.1, 0.15) is 27.6 Å². The minimum Gasteiger partial charge on any atom is -0.422 e. The van der Waals surface area contributed by atoms with Crippen LogP contribution < -0.4 is 10.9 Å². The Labute approximate surface area is 150 Å². The number of rotatable bonds is 4. The second-order valence-corrected chi connectivity index (χ2v) is 6.48. The maximum Gasteiger partial charge on any atom is 0.336 e. The van der Waals surface area contributed by atoms with Gasteiger partial charge in [0.1, 0.15) is 11.0 Å². The molecule has 0 saturated carbocycles. The SMILES string of the molecule is Cc1cc(C)c2oc(=O)cc(CNC(=O)C(Cl)c3ccccc3)c2c1. The van der Waals surface area contributed by atoms with Crippen LogP contribution in [0.5, 0.6) is 0 Å². The second-order valence-electron chi connectivity index (χ2n) is 6.04. The molecule has 0 fully saturated rings. The first-order chi connectivity index (χ1) is 12.0. The average molecular weight is 356 g/mol. The molecular formula is C20H18ClNO3. The van der Waals surface area contributed by atoms with Crippen molar-refractivity contribution in [3.63, 3.8) is 0 Å². The van der Waals surface area contributed by atoms with Gasteiger partial charge in [0.15, 0.2) is 0 Å². The highest BCUT2D eigenvalue weighted by atomic mass is 35.5. The molecule has 0 aliphatic carbocycles. The minimum absolute atomic E-state index is 0.208. The third kappa shape index (κ3) is 3.74. The van der Waals surface area contributed by atoms with E-state index in [-0.39, 0.29) is 12.5 Å². The van der Waals surface area contributed by atoms with Crippen molar-refractivity contribution < 1.29 is 9.21 Å². The zero-order valence-electron chi connectivity index (χ0n) is 14.0. The first-order valence-electron chi connectivity index (χ1n) is 7.96. The number of carbonyl (C=O) groups excluding carboxylic acids is 1. The maximum absolute atomic E-state index is 12.3. The molecule has 25 heavy (non-hydrogen) atoms. The van der Waals surface area contributed by atoms with Gasteiger partial charge in [0.2, 0.25) is 5.91 Å². The van der Waals surface area contributed by atoms with Crippen molar-refractivity contribution in [3.05, 3.63) is 81.2 Å². The number of hydrogen-bond acceptors (Lipinski definition) is 3. The van der Waals surface area contributed by atoms with Gasteiger partial charge in [0.05, 0.1) is 0 Å². The molecule has 3 rings (SSSR count). The van der Waals surface area contributed by atoms with E-state index in [4.69, 9.17) is 16.0 Å². The predicted molar refractivity (Wildman–Crippen MR) is 98.8 cm³/mol. The molecule has 0 aliphatic rings. The molecule has 128 valence electrons. The van der Waals surface area contributed by atoms with Gasteiger partial charge >= 0.3 is 5.63 Å². The van der Waals surface area contributed by atoms with Gasteiger partial charge in [-0.05, 0) is 42.2 Å². The number of hydrogen-bond donors (Lipinski definition) is 1. The number of carbonyl (C=O) groups is 1. The molecule has 2 aromatic carbocycles. The van der Waals surface area contributed by atoms with Crippen molar-refractivity contribution in [1.29, 1.82) is 0 Å². The lowest BCUT2D eigenvalue weighted by atomic mass is 10.0. The lowest BCUT2D eigenvalue weighted by Crippen LogP contribution is -2.27. The fraction of sp³-hybridized carbons (Fsp3) is 0.200. The van der Waals surface area contributed by atoms with E-state index in [1.165, 1.54) is 6.07 Å². The van der Waals surface area contributed by atoms with Crippen molar-refractivity contribution in [2.45, 2.75) is 25.8 Å². The summed E-state index contributed by atoms with van der Waals surface area (Å²) in [5, 5.41) is 2.85. The van der Waals surface area contributed by atoms with E-state index in [1.807, 2.05) is 44.2 Å². The lowest BCUT2D eigenvalue weighted by Gasteiger charge is -2.12. The Bertz CT molecular complexity index is 979. The topological polar surface area (TPSA) is 59.3 Å². The molecule has 0 saturated heterocycles. The Balaban J connectivity index is 1.86. The van der Waals surface area contributed by atoms with E-state index in [9.17, 15) is 9.59 Å². The Morgan fingerprint density at radius 3 is 2.60 bits per heavy atom. The molecule has 0 spiro atoms. The molecule has 1 amide bonds. The van der Waals surface area contributed by atoms with Crippen molar-refractivity contribution in [1.82, 2.24) is 5.32 Å². The van der Waals surface area contributed by atoms with Gasteiger partial charge in [-0.2, -0.15) is 0 Å². The van der Waals surface area contributed by atoms with Gasteiger partial charge in [-0.3, -0.25) is 4.79 Å². The highest BCUT2D eigenvalue weighted by Gasteiger charge is 2.17. The van der Waals surface area contributed by atoms with E-state index in [2.05, 4.69) is 5.32 Å². The van der Waals surface area contributed by atoms with Crippen LogP contribution in [0.25, 0.3) is 11.0 Å². The maximum atomic E-state index is 12.3. The van der Waals surface area contributed by atoms with Crippen LogP contribution in [-0.4, -0.2) is 5.91 Å². The van der Waals surface area contributed by atoms with Crippen LogP contribution in [0.4, 0.5) is 0 Å². The largest absolute Gasteiger partial charge is 0.422 e. The van der Waals surface area contributed by atoms with Crippen LogP contribution in [-0.2, 0) is 11.3 Å². The molecule has 1 atom stereocenters. The summed E-state index contributed by atoms with van der Waals surface area (Å²) in [5.41, 5.74) is 3.50. The summed E-state index contributed by atoms with van der Waals surface area (Å²) < 4.78 is 5.32. The van der Waals surface area contributed by atoms with Crippen LogP contribution in [0, 0.1) is 13.8 Å². The van der Waals surface area contributed by atoms with Crippen LogP contribution in [0.15, 0.2) is 57.7 Å². The Kier molecular flexibility index (Phi) is 4.91. The fourth-order valence-electron chi connectivity index (χ4n) is 2.87. The molecule has 1 unspecified atom stereocenters. The Morgan fingerprint density at radius 1 is 1.16 bits per heavy atom. The highest BCUT2D eigenvalue weighted by Crippen LogP contribution is 2.23. The minimum atomic E-state index is -0.781. The van der Waals surface area contributed by atoms with Gasteiger partial charge < -0.3 is 9.73 Å². The quantitative estimate of drug-likeness (QED) is 0.568. The highest BCUT2D eigenvalue weighted by molar-refractivity contribution is 6.30. The monoisotopic (exact) mass is 355 g/mol. The fourth-order valence-corrected chi connectivity index (χ4v) is 3.09. The average Bonchev–Trinajstić information content (AvgIpc) is 2.60. The summed E-state index contributed by atoms with van der Waals surface area (Å²) in [6, 6.07) is 14.4. The van der Waals surface area contributed by atoms with Gasteiger partial charge in [-0.15, -0.1) is 11.6 Å². The van der Waals surface area contributed by atoms with E-state index < -0.39 is 11.0 Å². The van der Waals surface area contributed by atoms with E-state index >= 15 is 0 Å². The number of nitrogens with one attached hydrogen (secondary N) is 1. The zero-order valence-corrected chi connectivity index (χ0v) is 14.8. The summed E-state index contributed by atoms with van der Waals surface area (Å²) in [6.07, 6.45) is 0. The smallest absolute Gasteiger partial charge is 0.336 e. The summed E-state index contributed by atoms with van der Waals surface area (Å²) in [4.78, 5) is 24.2. The van der Waals surface area contributed by atoms with Gasteiger partial charge in [-0.25, -0.2) is 4.79 Å². The summed E-state index contributed by atoms with van der Waals surface area (Å²) in [5.74, 6) is -0.307. The van der Waals surface area contributed by atoms with E-state index in [0.717, 1.165) is 22.1 Å². The van der Waals surface area contributed by atoms with E-state index in [0.29, 0.717) is 11.1 Å². The molecule has 0 bridgehead atoms. The second kappa shape index (κ2) is 7.11. The Morgan fingerprint density at radius 2 is 1.88 bits per heavy atom. The molecule has 3 aromatic rings. The first kappa shape index (κ1) is 17.2. The normalized spacial score (nSPS) is 12.1. The van der Waals surface area contributed by atoms with E-state index in [1.54, 1.807) is 12.1 Å². The molecule has 0 radical (unpaired) electrons. The number of benzene rings is 2. The van der Waals surface area contributed by atoms with Crippen LogP contribution in [0.2, 0.25) is 0 Å². The molecule has 5 heteroatoms. The van der Waals surface area contributed by atoms with Crippen molar-refractivity contribution in [2.24, 2.45) is 0 Å². The predicted octanol–water partition coefficient (Wildman–Crippen LogP) is 4.01. The summed E-state index contributed by atoms with van der Waals surface area (Å²) >= 11 is 6.23. The Hall–Kier alpha value is -2.59. The molecule has 0 aliphatic heterocycles. The molecule has 1 aromatic heterocycles. The number of alkyl halides is 1. The number of halogens is 1. The van der Waals surface area contributed by atoms with Crippen molar-refractivity contribution >= 4 is 28.5 Å². The van der Waals surface area contributed by atoms with Gasteiger partial charge in [-0.1, -0.05) is 36.4 Å². The summed E-state index contributed by atoms with van der Waals surface area (Å²) in [6.45, 7) is 4.08. The summed E-state index contributed by atoms with van der Waals surface area (Å²) in [7, 11) is 0. The van der Waals surface area contributed by atoms with Gasteiger partial charge in [0.25, 0.3) is 0 Å². The third-order valence-corrected chi connectivity index (χ3v) is 4.49. The molecule has 1 N–H and O–H groups in total. The zero-order chi connectivity index (χ0) is 18.0. The van der Waals surface area contributed by atoms with Gasteiger partial charge in [0, 0.05) is 18.0 Å². The molecule has 4 nitrogen and oxygen atoms in total. The third-order valence-electron chi connectivity index (χ3n) is 4.04. The number of amides is 1. The van der Waals surface area contributed by atoms with Crippen LogP contribution >= 0.6 is 11.6 Å². The molecular weight excluding hydrogens is 338 g/mol. The number of aryl methyl sites for hydroxylation is 2. The number of fused-ring (bicyclic) bond motifs is 1. The first-order valence-corrected chi connectivity index (χ1v) is 8.40. The van der Waals surface area contributed by atoms with Crippen molar-refractivity contribution in [2.75, 3.05) is 0 Å². The van der Waals surface area contributed by atoms with Crippen molar-refractivity contribution in [3.8, 4) is 0 Å².